The fourth-order valence-corrected chi connectivity index (χ4v) is 2.89. The first-order valence-electron chi connectivity index (χ1n) is 8.01. The Morgan fingerprint density at radius 1 is 1.11 bits per heavy atom. The number of aromatic nitrogens is 1. The van der Waals surface area contributed by atoms with E-state index in [-0.39, 0.29) is 17.5 Å². The van der Waals surface area contributed by atoms with Crippen molar-refractivity contribution in [2.45, 2.75) is 6.54 Å². The molecule has 0 unspecified atom stereocenters. The standard InChI is InChI=1S/C20H13ClFNO5/c21-12-3-6-14-16(7-12)23(9-11-1-4-13(22)5-2-11)10-15(19(14)26)17(24)8-18(25)20(27)28/h1-8,10,24H,9H2,(H,27,28)/b17-8-. The number of nitrogens with zero attached hydrogens (tertiary/aromatic N) is 1. The highest BCUT2D eigenvalue weighted by Crippen LogP contribution is 2.21. The summed E-state index contributed by atoms with van der Waals surface area (Å²) in [6.45, 7) is 0.213. The zero-order valence-corrected chi connectivity index (χ0v) is 15.0. The van der Waals surface area contributed by atoms with E-state index in [2.05, 4.69) is 0 Å². The van der Waals surface area contributed by atoms with Gasteiger partial charge in [-0.2, -0.15) is 0 Å². The van der Waals surface area contributed by atoms with Crippen molar-refractivity contribution >= 4 is 40.0 Å². The highest BCUT2D eigenvalue weighted by atomic mass is 35.5. The number of aliphatic hydroxyl groups excluding tert-OH is 1. The molecule has 0 bridgehead atoms. The molecule has 8 heteroatoms. The molecule has 3 rings (SSSR count). The number of fused-ring (bicyclic) bond motifs is 1. The van der Waals surface area contributed by atoms with E-state index in [1.807, 2.05) is 0 Å². The van der Waals surface area contributed by atoms with Crippen LogP contribution >= 0.6 is 11.6 Å². The first-order chi connectivity index (χ1) is 13.3. The summed E-state index contributed by atoms with van der Waals surface area (Å²) in [5.74, 6) is -4.28. The average molecular weight is 402 g/mol. The molecule has 0 saturated carbocycles. The molecule has 6 nitrogen and oxygen atoms in total. The lowest BCUT2D eigenvalue weighted by Crippen LogP contribution is -2.16. The van der Waals surface area contributed by atoms with Crippen molar-refractivity contribution in [1.82, 2.24) is 4.57 Å². The Labute approximate surface area is 162 Å². The average Bonchev–Trinajstić information content (AvgIpc) is 2.65. The predicted octanol–water partition coefficient (Wildman–Crippen LogP) is 3.39. The normalized spacial score (nSPS) is 11.6. The maximum Gasteiger partial charge on any atom is 0.376 e. The van der Waals surface area contributed by atoms with Gasteiger partial charge in [-0.05, 0) is 35.9 Å². The highest BCUT2D eigenvalue weighted by Gasteiger charge is 2.16. The van der Waals surface area contributed by atoms with Gasteiger partial charge in [-0.3, -0.25) is 9.59 Å². The number of halogens is 2. The number of carbonyl (C=O) groups excluding carboxylic acids is 1. The highest BCUT2D eigenvalue weighted by molar-refractivity contribution is 6.38. The number of rotatable bonds is 5. The second-order valence-electron chi connectivity index (χ2n) is 5.99. The Kier molecular flexibility index (Phi) is 5.28. The third-order valence-electron chi connectivity index (χ3n) is 4.06. The summed E-state index contributed by atoms with van der Waals surface area (Å²) in [4.78, 5) is 34.8. The second kappa shape index (κ2) is 7.66. The molecule has 28 heavy (non-hydrogen) atoms. The fourth-order valence-electron chi connectivity index (χ4n) is 2.73. The molecule has 0 aliphatic carbocycles. The molecule has 0 aliphatic rings. The number of carboxylic acids is 1. The van der Waals surface area contributed by atoms with Crippen molar-refractivity contribution in [3.05, 3.63) is 86.9 Å². The third kappa shape index (κ3) is 3.94. The van der Waals surface area contributed by atoms with Gasteiger partial charge in [-0.25, -0.2) is 9.18 Å². The zero-order chi connectivity index (χ0) is 20.4. The number of aliphatic hydroxyl groups is 1. The van der Waals surface area contributed by atoms with E-state index in [1.54, 1.807) is 22.8 Å². The van der Waals surface area contributed by atoms with Crippen LogP contribution < -0.4 is 5.43 Å². The number of benzene rings is 2. The molecule has 3 aromatic rings. The number of carbonyl (C=O) groups is 2. The van der Waals surface area contributed by atoms with E-state index in [9.17, 15) is 23.9 Å². The van der Waals surface area contributed by atoms with Gasteiger partial charge in [0, 0.05) is 29.2 Å². The summed E-state index contributed by atoms with van der Waals surface area (Å²) in [6, 6.07) is 10.2. The number of ketones is 1. The van der Waals surface area contributed by atoms with Crippen LogP contribution in [-0.4, -0.2) is 26.5 Å². The molecule has 0 fully saturated rings. The van der Waals surface area contributed by atoms with Crippen molar-refractivity contribution in [2.24, 2.45) is 0 Å². The summed E-state index contributed by atoms with van der Waals surface area (Å²) in [6.07, 6.45) is 1.77. The first kappa shape index (κ1) is 19.3. The van der Waals surface area contributed by atoms with E-state index >= 15 is 0 Å². The molecular weight excluding hydrogens is 389 g/mol. The van der Waals surface area contributed by atoms with Crippen LogP contribution in [0, 0.1) is 5.82 Å². The van der Waals surface area contributed by atoms with E-state index in [1.165, 1.54) is 30.5 Å². The van der Waals surface area contributed by atoms with Crippen LogP contribution in [0.2, 0.25) is 5.02 Å². The predicted molar refractivity (Wildman–Crippen MR) is 102 cm³/mol. The van der Waals surface area contributed by atoms with Gasteiger partial charge in [0.05, 0.1) is 11.1 Å². The van der Waals surface area contributed by atoms with Crippen molar-refractivity contribution in [2.75, 3.05) is 0 Å². The van der Waals surface area contributed by atoms with E-state index < -0.39 is 28.8 Å². The van der Waals surface area contributed by atoms with Gasteiger partial charge < -0.3 is 14.8 Å². The van der Waals surface area contributed by atoms with Crippen LogP contribution in [-0.2, 0) is 16.1 Å². The number of aliphatic carboxylic acids is 1. The Morgan fingerprint density at radius 3 is 2.43 bits per heavy atom. The number of carboxylic acid groups (broad SMARTS) is 1. The van der Waals surface area contributed by atoms with Gasteiger partial charge in [0.2, 0.25) is 0 Å². The van der Waals surface area contributed by atoms with Crippen molar-refractivity contribution < 1.29 is 24.2 Å². The van der Waals surface area contributed by atoms with Crippen LogP contribution in [0.15, 0.2) is 59.5 Å². The smallest absolute Gasteiger partial charge is 0.376 e. The van der Waals surface area contributed by atoms with Gasteiger partial charge in [0.1, 0.15) is 11.6 Å². The lowest BCUT2D eigenvalue weighted by Gasteiger charge is -2.14. The Morgan fingerprint density at radius 2 is 1.79 bits per heavy atom. The first-order valence-corrected chi connectivity index (χ1v) is 8.39. The molecule has 1 heterocycles. The van der Waals surface area contributed by atoms with E-state index in [0.717, 1.165) is 0 Å². The summed E-state index contributed by atoms with van der Waals surface area (Å²) >= 11 is 6.04. The summed E-state index contributed by atoms with van der Waals surface area (Å²) in [5.41, 5.74) is 0.339. The largest absolute Gasteiger partial charge is 0.507 e. The number of pyridine rings is 1. The SMILES string of the molecule is O=C(O)C(=O)/C=C(\O)c1cn(Cc2ccc(F)cc2)c2cc(Cl)ccc2c1=O. The molecule has 2 N–H and O–H groups in total. The molecule has 0 atom stereocenters. The van der Waals surface area contributed by atoms with Gasteiger partial charge >= 0.3 is 5.97 Å². The van der Waals surface area contributed by atoms with Gasteiger partial charge in [0.15, 0.2) is 5.43 Å². The second-order valence-corrected chi connectivity index (χ2v) is 6.42. The summed E-state index contributed by atoms with van der Waals surface area (Å²) in [5, 5.41) is 19.4. The molecule has 142 valence electrons. The van der Waals surface area contributed by atoms with Crippen molar-refractivity contribution in [3.63, 3.8) is 0 Å². The van der Waals surface area contributed by atoms with E-state index in [0.29, 0.717) is 22.2 Å². The molecule has 0 spiro atoms. The summed E-state index contributed by atoms with van der Waals surface area (Å²) in [7, 11) is 0. The molecule has 0 aliphatic heterocycles. The van der Waals surface area contributed by atoms with Crippen molar-refractivity contribution in [3.8, 4) is 0 Å². The van der Waals surface area contributed by atoms with Gasteiger partial charge in [-0.15, -0.1) is 0 Å². The fraction of sp³-hybridized carbons (Fsp3) is 0.0500. The van der Waals surface area contributed by atoms with Crippen LogP contribution in [0.3, 0.4) is 0 Å². The molecule has 2 aromatic carbocycles. The Bertz CT molecular complexity index is 1180. The van der Waals surface area contributed by atoms with Gasteiger partial charge in [-0.1, -0.05) is 23.7 Å². The topological polar surface area (TPSA) is 96.6 Å². The van der Waals surface area contributed by atoms with E-state index in [4.69, 9.17) is 16.7 Å². The number of hydrogen-bond donors (Lipinski definition) is 2. The van der Waals surface area contributed by atoms with Crippen LogP contribution in [0.25, 0.3) is 16.7 Å². The maximum absolute atomic E-state index is 13.2. The van der Waals surface area contributed by atoms with Gasteiger partial charge in [0.25, 0.3) is 5.78 Å². The van der Waals surface area contributed by atoms with Crippen molar-refractivity contribution in [1.29, 1.82) is 0 Å². The molecule has 0 amide bonds. The Hall–Kier alpha value is -3.45. The molecule has 1 aromatic heterocycles. The third-order valence-corrected chi connectivity index (χ3v) is 4.30. The minimum absolute atomic E-state index is 0.213. The number of hydrogen-bond acceptors (Lipinski definition) is 4. The minimum atomic E-state index is -1.76. The Balaban J connectivity index is 2.21. The monoisotopic (exact) mass is 401 g/mol. The summed E-state index contributed by atoms with van der Waals surface area (Å²) < 4.78 is 14.8. The van der Waals surface area contributed by atoms with Crippen LogP contribution in [0.4, 0.5) is 4.39 Å². The lowest BCUT2D eigenvalue weighted by molar-refractivity contribution is -0.146. The molecular formula is C20H13ClFNO5. The zero-order valence-electron chi connectivity index (χ0n) is 14.2. The lowest BCUT2D eigenvalue weighted by atomic mass is 10.1. The maximum atomic E-state index is 13.2. The minimum Gasteiger partial charge on any atom is -0.507 e. The molecule has 0 radical (unpaired) electrons. The van der Waals surface area contributed by atoms with Crippen LogP contribution in [0.1, 0.15) is 11.1 Å². The molecule has 0 saturated heterocycles. The quantitative estimate of drug-likeness (QED) is 0.388. The van der Waals surface area contributed by atoms with Crippen LogP contribution in [0.5, 0.6) is 0 Å².